The van der Waals surface area contributed by atoms with Gasteiger partial charge >= 0.3 is 0 Å². The zero-order valence-corrected chi connectivity index (χ0v) is 16.6. The summed E-state index contributed by atoms with van der Waals surface area (Å²) in [5, 5.41) is 1.41. The number of sulfonamides is 1. The van der Waals surface area contributed by atoms with Gasteiger partial charge < -0.3 is 0 Å². The molecule has 0 amide bonds. The Balaban J connectivity index is 1.88. The van der Waals surface area contributed by atoms with Crippen LogP contribution in [0.2, 0.25) is 15.1 Å². The number of anilines is 1. The fraction of sp³-hybridized carbons (Fsp3) is 0.0556. The molecule has 0 unspecified atom stereocenters. The summed E-state index contributed by atoms with van der Waals surface area (Å²) in [6, 6.07) is 13.1. The van der Waals surface area contributed by atoms with Gasteiger partial charge in [0.25, 0.3) is 10.0 Å². The van der Waals surface area contributed by atoms with Crippen LogP contribution < -0.4 is 4.72 Å². The van der Waals surface area contributed by atoms with Crippen molar-refractivity contribution in [3.63, 3.8) is 0 Å². The van der Waals surface area contributed by atoms with Gasteiger partial charge in [-0.2, -0.15) is 0 Å². The molecule has 1 aromatic heterocycles. The Morgan fingerprint density at radius 1 is 0.962 bits per heavy atom. The number of nitrogens with zero attached hydrogens (tertiary/aromatic N) is 1. The van der Waals surface area contributed by atoms with Crippen molar-refractivity contribution in [1.29, 1.82) is 0 Å². The van der Waals surface area contributed by atoms with Gasteiger partial charge in [0.05, 0.1) is 4.90 Å². The van der Waals surface area contributed by atoms with E-state index in [-0.39, 0.29) is 10.7 Å². The molecule has 1 N–H and O–H groups in total. The van der Waals surface area contributed by atoms with Crippen molar-refractivity contribution < 1.29 is 8.42 Å². The fourth-order valence-corrected chi connectivity index (χ4v) is 4.43. The molecule has 0 aliphatic rings. The van der Waals surface area contributed by atoms with Crippen LogP contribution in [0.1, 0.15) is 5.56 Å². The summed E-state index contributed by atoms with van der Waals surface area (Å²) in [6.45, 7) is 1.65. The maximum atomic E-state index is 12.6. The molecular formula is C18H13Cl3N2O2S. The second-order valence-electron chi connectivity index (χ2n) is 5.52. The topological polar surface area (TPSA) is 59.1 Å². The lowest BCUT2D eigenvalue weighted by molar-refractivity contribution is 0.600. The van der Waals surface area contributed by atoms with Crippen molar-refractivity contribution in [2.24, 2.45) is 0 Å². The molecule has 1 heterocycles. The molecule has 0 fully saturated rings. The van der Waals surface area contributed by atoms with E-state index in [2.05, 4.69) is 9.71 Å². The molecular weight excluding hydrogens is 415 g/mol. The molecule has 0 radical (unpaired) electrons. The third-order valence-corrected chi connectivity index (χ3v) is 6.21. The summed E-state index contributed by atoms with van der Waals surface area (Å²) in [4.78, 5) is 4.27. The highest BCUT2D eigenvalue weighted by Gasteiger charge is 2.18. The Kier molecular flexibility index (Phi) is 5.44. The van der Waals surface area contributed by atoms with Crippen molar-refractivity contribution in [2.75, 3.05) is 4.72 Å². The molecule has 2 aromatic carbocycles. The van der Waals surface area contributed by atoms with Crippen LogP contribution in [0.25, 0.3) is 11.1 Å². The van der Waals surface area contributed by atoms with Gasteiger partial charge in [-0.05, 0) is 48.9 Å². The van der Waals surface area contributed by atoms with E-state index in [0.717, 1.165) is 11.1 Å². The van der Waals surface area contributed by atoms with E-state index in [1.54, 1.807) is 49.4 Å². The van der Waals surface area contributed by atoms with Crippen LogP contribution in [-0.2, 0) is 10.0 Å². The number of hydrogen-bond acceptors (Lipinski definition) is 3. The summed E-state index contributed by atoms with van der Waals surface area (Å²) >= 11 is 18.1. The van der Waals surface area contributed by atoms with Gasteiger partial charge in [-0.1, -0.05) is 46.9 Å². The van der Waals surface area contributed by atoms with Crippen molar-refractivity contribution in [3.05, 3.63) is 75.4 Å². The molecule has 0 spiro atoms. The van der Waals surface area contributed by atoms with E-state index in [1.165, 1.54) is 12.3 Å². The average molecular weight is 428 g/mol. The predicted molar refractivity (Wildman–Crippen MR) is 107 cm³/mol. The van der Waals surface area contributed by atoms with Crippen LogP contribution in [0, 0.1) is 6.92 Å². The zero-order valence-electron chi connectivity index (χ0n) is 13.5. The van der Waals surface area contributed by atoms with Crippen LogP contribution in [0.4, 0.5) is 5.82 Å². The molecule has 0 atom stereocenters. The number of aromatic nitrogens is 1. The van der Waals surface area contributed by atoms with E-state index in [9.17, 15) is 8.42 Å². The molecule has 26 heavy (non-hydrogen) atoms. The van der Waals surface area contributed by atoms with Crippen molar-refractivity contribution in [3.8, 4) is 11.1 Å². The number of halogens is 3. The van der Waals surface area contributed by atoms with E-state index < -0.39 is 10.0 Å². The first-order chi connectivity index (χ1) is 12.3. The second kappa shape index (κ2) is 7.45. The van der Waals surface area contributed by atoms with Crippen LogP contribution in [-0.4, -0.2) is 13.4 Å². The second-order valence-corrected chi connectivity index (χ2v) is 8.43. The highest BCUT2D eigenvalue weighted by atomic mass is 35.5. The average Bonchev–Trinajstić information content (AvgIpc) is 2.58. The molecule has 0 bridgehead atoms. The molecule has 3 aromatic rings. The molecule has 4 nitrogen and oxygen atoms in total. The minimum absolute atomic E-state index is 0.108. The van der Waals surface area contributed by atoms with Gasteiger partial charge in [-0.3, -0.25) is 4.72 Å². The first-order valence-corrected chi connectivity index (χ1v) is 10.1. The van der Waals surface area contributed by atoms with Crippen LogP contribution in [0.5, 0.6) is 0 Å². The number of hydrogen-bond donors (Lipinski definition) is 1. The van der Waals surface area contributed by atoms with Crippen molar-refractivity contribution >= 4 is 50.6 Å². The first-order valence-electron chi connectivity index (χ1n) is 7.47. The van der Waals surface area contributed by atoms with E-state index in [0.29, 0.717) is 20.6 Å². The highest BCUT2D eigenvalue weighted by Crippen LogP contribution is 2.30. The van der Waals surface area contributed by atoms with Gasteiger partial charge in [0.15, 0.2) is 0 Å². The molecule has 0 aliphatic heterocycles. The molecule has 0 aliphatic carbocycles. The van der Waals surface area contributed by atoms with Crippen LogP contribution >= 0.6 is 34.8 Å². The number of pyridine rings is 1. The SMILES string of the molecule is Cc1c(Cl)cccc1S(=O)(=O)Nc1ccc(-c2ccc(Cl)cc2Cl)cn1. The quantitative estimate of drug-likeness (QED) is 0.571. The zero-order chi connectivity index (χ0) is 18.9. The third-order valence-electron chi connectivity index (χ3n) is 3.75. The molecule has 0 saturated carbocycles. The van der Waals surface area contributed by atoms with Crippen LogP contribution in [0.15, 0.2) is 59.6 Å². The van der Waals surface area contributed by atoms with E-state index in [1.807, 2.05) is 0 Å². The Hall–Kier alpha value is -1.79. The summed E-state index contributed by atoms with van der Waals surface area (Å²) in [7, 11) is -3.80. The monoisotopic (exact) mass is 426 g/mol. The minimum Gasteiger partial charge on any atom is -0.263 e. The molecule has 8 heteroatoms. The fourth-order valence-electron chi connectivity index (χ4n) is 2.41. The van der Waals surface area contributed by atoms with Gasteiger partial charge in [0.1, 0.15) is 5.82 Å². The lowest BCUT2D eigenvalue weighted by atomic mass is 10.1. The number of nitrogens with one attached hydrogen (secondary N) is 1. The Bertz CT molecular complexity index is 1070. The standard InChI is InChI=1S/C18H13Cl3N2O2S/c1-11-15(20)3-2-4-17(11)26(24,25)23-18-8-5-12(10-22-18)14-7-6-13(19)9-16(14)21/h2-10H,1H3,(H,22,23). The van der Waals surface area contributed by atoms with Crippen LogP contribution in [0.3, 0.4) is 0 Å². The molecule has 3 rings (SSSR count). The Morgan fingerprint density at radius 2 is 1.73 bits per heavy atom. The lowest BCUT2D eigenvalue weighted by Gasteiger charge is -2.11. The predicted octanol–water partition coefficient (Wildman–Crippen LogP) is 5.82. The van der Waals surface area contributed by atoms with Crippen molar-refractivity contribution in [2.45, 2.75) is 11.8 Å². The molecule has 134 valence electrons. The van der Waals surface area contributed by atoms with Crippen molar-refractivity contribution in [1.82, 2.24) is 4.98 Å². The normalized spacial score (nSPS) is 11.4. The number of benzene rings is 2. The summed E-state index contributed by atoms with van der Waals surface area (Å²) in [6.07, 6.45) is 1.54. The lowest BCUT2D eigenvalue weighted by Crippen LogP contribution is -2.15. The third kappa shape index (κ3) is 3.96. The van der Waals surface area contributed by atoms with E-state index >= 15 is 0 Å². The maximum Gasteiger partial charge on any atom is 0.263 e. The minimum atomic E-state index is -3.80. The summed E-state index contributed by atoms with van der Waals surface area (Å²) in [5.74, 6) is 0.193. The van der Waals surface area contributed by atoms with Gasteiger partial charge in [0, 0.05) is 32.4 Å². The Labute approximate surface area is 166 Å². The largest absolute Gasteiger partial charge is 0.263 e. The maximum absolute atomic E-state index is 12.6. The first kappa shape index (κ1) is 19.0. The van der Waals surface area contributed by atoms with Gasteiger partial charge in [-0.25, -0.2) is 13.4 Å². The Morgan fingerprint density at radius 3 is 2.38 bits per heavy atom. The summed E-state index contributed by atoms with van der Waals surface area (Å²) in [5.41, 5.74) is 1.98. The van der Waals surface area contributed by atoms with E-state index in [4.69, 9.17) is 34.8 Å². The van der Waals surface area contributed by atoms with Gasteiger partial charge in [-0.15, -0.1) is 0 Å². The highest BCUT2D eigenvalue weighted by molar-refractivity contribution is 7.92. The smallest absolute Gasteiger partial charge is 0.263 e. The van der Waals surface area contributed by atoms with Gasteiger partial charge in [0.2, 0.25) is 0 Å². The molecule has 0 saturated heterocycles. The summed E-state index contributed by atoms with van der Waals surface area (Å²) < 4.78 is 27.6. The number of rotatable bonds is 4.